The number of carbonyl (C=O) groups excluding carboxylic acids is 3. The lowest BCUT2D eigenvalue weighted by Gasteiger charge is -2.52. The maximum absolute atomic E-state index is 13.9. The number of nitrogens with zero attached hydrogens (tertiary/aromatic N) is 2. The summed E-state index contributed by atoms with van der Waals surface area (Å²) >= 11 is 7.43. The predicted molar refractivity (Wildman–Crippen MR) is 130 cm³/mol. The number of benzene rings is 1. The van der Waals surface area contributed by atoms with Gasteiger partial charge in [-0.15, -0.1) is 11.3 Å². The molecule has 0 spiro atoms. The first-order chi connectivity index (χ1) is 15.9. The summed E-state index contributed by atoms with van der Waals surface area (Å²) in [5, 5.41) is 2.48. The van der Waals surface area contributed by atoms with Crippen molar-refractivity contribution in [2.75, 3.05) is 19.6 Å². The molecule has 2 aliphatic heterocycles. The van der Waals surface area contributed by atoms with Gasteiger partial charge in [-0.1, -0.05) is 30.2 Å². The number of amides is 2. The number of Topliss-reactive ketones (excluding diaryl/α,β-unsaturated/α-hetero) is 1. The normalized spacial score (nSPS) is 24.1. The minimum absolute atomic E-state index is 0.00252. The molecular weight excluding hydrogens is 456 g/mol. The van der Waals surface area contributed by atoms with E-state index in [0.29, 0.717) is 34.5 Å². The Balaban J connectivity index is 1.31. The molecule has 2 saturated heterocycles. The smallest absolute Gasteiger partial charge is 0.254 e. The SMILES string of the molecule is CC(=O)c1cc(C(=O)N2CC[C@H]3[C@H](CCCN3C(=O)C3(c4ccc(Cl)cc4)CCC3)C2)cs1. The molecule has 0 unspecified atom stereocenters. The molecule has 0 radical (unpaired) electrons. The summed E-state index contributed by atoms with van der Waals surface area (Å²) in [6, 6.07) is 9.70. The van der Waals surface area contributed by atoms with Gasteiger partial charge in [0, 0.05) is 36.1 Å². The number of piperidine rings is 2. The molecule has 3 heterocycles. The molecule has 1 aliphatic carbocycles. The topological polar surface area (TPSA) is 57.7 Å². The number of hydrogen-bond acceptors (Lipinski definition) is 4. The van der Waals surface area contributed by atoms with Crippen LogP contribution in [0.3, 0.4) is 0 Å². The van der Waals surface area contributed by atoms with Crippen LogP contribution in [0.2, 0.25) is 5.02 Å². The van der Waals surface area contributed by atoms with Crippen LogP contribution in [-0.2, 0) is 10.2 Å². The molecule has 1 saturated carbocycles. The van der Waals surface area contributed by atoms with E-state index in [2.05, 4.69) is 4.90 Å². The van der Waals surface area contributed by atoms with Crippen LogP contribution in [-0.4, -0.2) is 53.1 Å². The zero-order valence-electron chi connectivity index (χ0n) is 18.9. The zero-order valence-corrected chi connectivity index (χ0v) is 20.5. The molecule has 3 fully saturated rings. The van der Waals surface area contributed by atoms with Crippen molar-refractivity contribution in [1.82, 2.24) is 9.80 Å². The Hall–Kier alpha value is -2.18. The van der Waals surface area contributed by atoms with Crippen LogP contribution < -0.4 is 0 Å². The minimum Gasteiger partial charge on any atom is -0.339 e. The highest BCUT2D eigenvalue weighted by molar-refractivity contribution is 7.12. The number of hydrogen-bond donors (Lipinski definition) is 0. The Labute approximate surface area is 203 Å². The van der Waals surface area contributed by atoms with Gasteiger partial charge in [-0.05, 0) is 68.7 Å². The van der Waals surface area contributed by atoms with E-state index in [4.69, 9.17) is 11.6 Å². The number of fused-ring (bicyclic) bond motifs is 1. The summed E-state index contributed by atoms with van der Waals surface area (Å²) in [5.41, 5.74) is 1.26. The molecule has 2 amide bonds. The van der Waals surface area contributed by atoms with E-state index in [0.717, 1.165) is 50.6 Å². The minimum atomic E-state index is -0.417. The van der Waals surface area contributed by atoms with E-state index in [1.54, 1.807) is 11.4 Å². The summed E-state index contributed by atoms with van der Waals surface area (Å²) in [4.78, 5) is 43.3. The molecule has 33 heavy (non-hydrogen) atoms. The Morgan fingerprint density at radius 1 is 1.06 bits per heavy atom. The van der Waals surface area contributed by atoms with Crippen LogP contribution in [0, 0.1) is 5.92 Å². The quantitative estimate of drug-likeness (QED) is 0.562. The van der Waals surface area contributed by atoms with Gasteiger partial charge in [-0.3, -0.25) is 14.4 Å². The second-order valence-corrected chi connectivity index (χ2v) is 11.1. The summed E-state index contributed by atoms with van der Waals surface area (Å²) in [6.07, 6.45) is 5.67. The fraction of sp³-hybridized carbons (Fsp3) is 0.500. The Morgan fingerprint density at radius 2 is 1.82 bits per heavy atom. The Bertz CT molecular complexity index is 1080. The molecule has 3 aliphatic rings. The molecule has 7 heteroatoms. The van der Waals surface area contributed by atoms with Crippen molar-refractivity contribution in [3.63, 3.8) is 0 Å². The van der Waals surface area contributed by atoms with E-state index >= 15 is 0 Å². The number of thiophene rings is 1. The number of carbonyl (C=O) groups is 3. The van der Waals surface area contributed by atoms with Gasteiger partial charge < -0.3 is 9.80 Å². The van der Waals surface area contributed by atoms with Crippen LogP contribution in [0.4, 0.5) is 0 Å². The number of likely N-dealkylation sites (tertiary alicyclic amines) is 2. The Kier molecular flexibility index (Phi) is 6.08. The van der Waals surface area contributed by atoms with Crippen LogP contribution >= 0.6 is 22.9 Å². The molecule has 2 aromatic rings. The molecule has 174 valence electrons. The average molecular weight is 485 g/mol. The summed E-state index contributed by atoms with van der Waals surface area (Å²) in [7, 11) is 0. The monoisotopic (exact) mass is 484 g/mol. The average Bonchev–Trinajstić information content (AvgIpc) is 3.29. The van der Waals surface area contributed by atoms with Gasteiger partial charge in [0.1, 0.15) is 0 Å². The van der Waals surface area contributed by atoms with Gasteiger partial charge >= 0.3 is 0 Å². The van der Waals surface area contributed by atoms with Crippen LogP contribution in [0.1, 0.15) is 71.0 Å². The maximum atomic E-state index is 13.9. The summed E-state index contributed by atoms with van der Waals surface area (Å²) < 4.78 is 0. The third-order valence-electron chi connectivity index (χ3n) is 7.82. The van der Waals surface area contributed by atoms with E-state index in [9.17, 15) is 14.4 Å². The van der Waals surface area contributed by atoms with Gasteiger partial charge in [0.2, 0.25) is 5.91 Å². The highest BCUT2D eigenvalue weighted by atomic mass is 35.5. The molecule has 1 aromatic heterocycles. The highest BCUT2D eigenvalue weighted by Gasteiger charge is 2.50. The first kappa shape index (κ1) is 22.6. The fourth-order valence-electron chi connectivity index (χ4n) is 5.86. The van der Waals surface area contributed by atoms with E-state index < -0.39 is 5.41 Å². The first-order valence-electron chi connectivity index (χ1n) is 11.8. The third kappa shape index (κ3) is 4.01. The number of ketones is 1. The van der Waals surface area contributed by atoms with Gasteiger partial charge in [-0.25, -0.2) is 0 Å². The molecule has 1 aromatic carbocycles. The second-order valence-electron chi connectivity index (χ2n) is 9.71. The van der Waals surface area contributed by atoms with Crippen molar-refractivity contribution < 1.29 is 14.4 Å². The lowest BCUT2D eigenvalue weighted by molar-refractivity contribution is -0.148. The molecule has 2 atom stereocenters. The van der Waals surface area contributed by atoms with Crippen molar-refractivity contribution in [3.8, 4) is 0 Å². The lowest BCUT2D eigenvalue weighted by atomic mass is 9.63. The zero-order chi connectivity index (χ0) is 23.2. The highest BCUT2D eigenvalue weighted by Crippen LogP contribution is 2.47. The molecule has 5 rings (SSSR count). The van der Waals surface area contributed by atoms with E-state index in [1.165, 1.54) is 18.3 Å². The van der Waals surface area contributed by atoms with Crippen molar-refractivity contribution in [1.29, 1.82) is 0 Å². The van der Waals surface area contributed by atoms with Crippen molar-refractivity contribution in [2.45, 2.75) is 56.9 Å². The standard InChI is InChI=1S/C26H29ClN2O3S/c1-17(30)23-14-19(16-33-23)24(31)28-13-9-22-18(15-28)4-2-12-29(22)25(32)26(10-3-11-26)20-5-7-21(27)8-6-20/h5-8,14,16,18,22H,2-4,9-13,15H2,1H3/t18-,22+/m1/s1. The van der Waals surface area contributed by atoms with Crippen LogP contribution in [0.25, 0.3) is 0 Å². The van der Waals surface area contributed by atoms with Gasteiger partial charge in [0.05, 0.1) is 15.9 Å². The molecular formula is C26H29ClN2O3S. The van der Waals surface area contributed by atoms with Crippen molar-refractivity contribution in [2.24, 2.45) is 5.92 Å². The lowest BCUT2D eigenvalue weighted by Crippen LogP contribution is -2.61. The fourth-order valence-corrected chi connectivity index (χ4v) is 6.77. The van der Waals surface area contributed by atoms with Gasteiger partial charge in [-0.2, -0.15) is 0 Å². The third-order valence-corrected chi connectivity index (χ3v) is 9.11. The van der Waals surface area contributed by atoms with Gasteiger partial charge in [0.15, 0.2) is 5.78 Å². The van der Waals surface area contributed by atoms with E-state index in [-0.39, 0.29) is 23.6 Å². The summed E-state index contributed by atoms with van der Waals surface area (Å²) in [5.74, 6) is 0.547. The molecule has 0 N–H and O–H groups in total. The molecule has 5 nitrogen and oxygen atoms in total. The second kappa shape index (κ2) is 8.88. The largest absolute Gasteiger partial charge is 0.339 e. The van der Waals surface area contributed by atoms with Crippen molar-refractivity contribution in [3.05, 3.63) is 56.7 Å². The van der Waals surface area contributed by atoms with Crippen LogP contribution in [0.15, 0.2) is 35.7 Å². The predicted octanol–water partition coefficient (Wildman–Crippen LogP) is 5.18. The summed E-state index contributed by atoms with van der Waals surface area (Å²) in [6.45, 7) is 3.64. The van der Waals surface area contributed by atoms with E-state index in [1.807, 2.05) is 29.2 Å². The van der Waals surface area contributed by atoms with Gasteiger partial charge in [0.25, 0.3) is 5.91 Å². The Morgan fingerprint density at radius 3 is 2.45 bits per heavy atom. The van der Waals surface area contributed by atoms with Crippen molar-refractivity contribution >= 4 is 40.5 Å². The van der Waals surface area contributed by atoms with Crippen LogP contribution in [0.5, 0.6) is 0 Å². The number of halogens is 1. The maximum Gasteiger partial charge on any atom is 0.254 e. The molecule has 0 bridgehead atoms. The number of rotatable bonds is 4. The first-order valence-corrected chi connectivity index (χ1v) is 13.1.